The van der Waals surface area contributed by atoms with Gasteiger partial charge >= 0.3 is 0 Å². The Bertz CT molecular complexity index is 1230. The molecule has 0 aliphatic heterocycles. The average molecular weight is 533 g/mol. The third-order valence-electron chi connectivity index (χ3n) is 9.49. The summed E-state index contributed by atoms with van der Waals surface area (Å²) in [4.78, 5) is 27.5. The monoisotopic (exact) mass is 531 g/mol. The highest BCUT2D eigenvalue weighted by molar-refractivity contribution is 6.35. The molecule has 194 valence electrons. The van der Waals surface area contributed by atoms with Crippen LogP contribution in [0.2, 0.25) is 10.0 Å². The zero-order chi connectivity index (χ0) is 25.1. The molecule has 1 aromatic carbocycles. The zero-order valence-corrected chi connectivity index (χ0v) is 22.2. The van der Waals surface area contributed by atoms with Crippen molar-refractivity contribution in [1.82, 2.24) is 14.7 Å². The third kappa shape index (κ3) is 4.33. The van der Waals surface area contributed by atoms with Crippen molar-refractivity contribution >= 4 is 29.1 Å². The van der Waals surface area contributed by atoms with E-state index in [1.54, 1.807) is 29.1 Å². The molecule has 4 fully saturated rings. The Kier molecular flexibility index (Phi) is 6.29. The number of rotatable bonds is 5. The van der Waals surface area contributed by atoms with Gasteiger partial charge in [0.2, 0.25) is 0 Å². The van der Waals surface area contributed by atoms with Gasteiger partial charge in [0.25, 0.3) is 11.5 Å². The van der Waals surface area contributed by atoms with Crippen LogP contribution in [0.4, 0.5) is 0 Å². The molecule has 4 aliphatic carbocycles. The lowest BCUT2D eigenvalue weighted by Crippen LogP contribution is -2.52. The Morgan fingerprint density at radius 1 is 1.08 bits per heavy atom. The Morgan fingerprint density at radius 3 is 2.67 bits per heavy atom. The van der Waals surface area contributed by atoms with Crippen molar-refractivity contribution in [3.8, 4) is 5.69 Å². The largest absolute Gasteiger partial charge is 0.390 e. The number of aliphatic hydroxyl groups is 1. The molecule has 2 aromatic rings. The molecule has 4 aliphatic rings. The quantitative estimate of drug-likeness (QED) is 0.517. The normalized spacial score (nSPS) is 32.0. The summed E-state index contributed by atoms with van der Waals surface area (Å²) in [5, 5.41) is 15.4. The van der Waals surface area contributed by atoms with Crippen LogP contribution in [0.5, 0.6) is 0 Å². The van der Waals surface area contributed by atoms with E-state index in [0.717, 1.165) is 57.8 Å². The fourth-order valence-corrected chi connectivity index (χ4v) is 8.43. The summed E-state index contributed by atoms with van der Waals surface area (Å²) >= 11 is 12.7. The van der Waals surface area contributed by atoms with Gasteiger partial charge in [-0.25, -0.2) is 4.68 Å². The maximum Gasteiger partial charge on any atom is 0.284 e. The Hall–Kier alpha value is -1.76. The van der Waals surface area contributed by atoms with Crippen molar-refractivity contribution in [3.63, 3.8) is 0 Å². The highest BCUT2D eigenvalue weighted by Gasteiger charge is 2.56. The van der Waals surface area contributed by atoms with Crippen LogP contribution in [0.1, 0.15) is 87.4 Å². The molecule has 1 heterocycles. The van der Waals surface area contributed by atoms with E-state index >= 15 is 0 Å². The first kappa shape index (κ1) is 24.6. The molecule has 6 nitrogen and oxygen atoms in total. The lowest BCUT2D eigenvalue weighted by molar-refractivity contribution is -0.00494. The number of carbonyl (C=O) groups is 1. The Morgan fingerprint density at radius 2 is 1.89 bits per heavy atom. The summed E-state index contributed by atoms with van der Waals surface area (Å²) in [6, 6.07) is 5.09. The highest BCUT2D eigenvalue weighted by atomic mass is 35.5. The van der Waals surface area contributed by atoms with Gasteiger partial charge in [-0.1, -0.05) is 42.5 Å². The number of fused-ring (bicyclic) bond motifs is 2. The smallest absolute Gasteiger partial charge is 0.284 e. The number of aromatic nitrogens is 2. The molecule has 0 spiro atoms. The van der Waals surface area contributed by atoms with Gasteiger partial charge in [0.05, 0.1) is 16.3 Å². The van der Waals surface area contributed by atoms with Crippen LogP contribution in [0.3, 0.4) is 0 Å². The minimum atomic E-state index is -0.574. The number of benzene rings is 1. The second-order valence-electron chi connectivity index (χ2n) is 12.0. The van der Waals surface area contributed by atoms with Crippen LogP contribution in [0.15, 0.2) is 29.2 Å². The first-order valence-corrected chi connectivity index (χ1v) is 14.3. The maximum absolute atomic E-state index is 13.8. The molecule has 4 atom stereocenters. The molecule has 36 heavy (non-hydrogen) atoms. The fourth-order valence-electron chi connectivity index (χ4n) is 7.94. The van der Waals surface area contributed by atoms with E-state index in [9.17, 15) is 14.7 Å². The van der Waals surface area contributed by atoms with E-state index in [1.807, 2.05) is 4.68 Å². The van der Waals surface area contributed by atoms with E-state index in [0.29, 0.717) is 34.1 Å². The first-order valence-electron chi connectivity index (χ1n) is 13.6. The van der Waals surface area contributed by atoms with E-state index in [1.165, 1.54) is 19.3 Å². The number of carbonyl (C=O) groups excluding carboxylic acids is 1. The molecule has 4 unspecified atom stereocenters. The second kappa shape index (κ2) is 9.21. The summed E-state index contributed by atoms with van der Waals surface area (Å²) in [5.41, 5.74) is -0.577. The van der Waals surface area contributed by atoms with Crippen molar-refractivity contribution in [2.45, 2.75) is 94.7 Å². The van der Waals surface area contributed by atoms with Gasteiger partial charge < -0.3 is 10.4 Å². The topological polar surface area (TPSA) is 76.3 Å². The molecule has 0 saturated heterocycles. The average Bonchev–Trinajstić information content (AvgIpc) is 3.23. The van der Waals surface area contributed by atoms with Crippen LogP contribution >= 0.6 is 23.2 Å². The van der Waals surface area contributed by atoms with Crippen LogP contribution in [0.25, 0.3) is 5.69 Å². The van der Waals surface area contributed by atoms with Crippen molar-refractivity contribution in [2.75, 3.05) is 0 Å². The maximum atomic E-state index is 13.8. The number of hydrogen-bond acceptors (Lipinski definition) is 3. The van der Waals surface area contributed by atoms with Crippen molar-refractivity contribution in [2.24, 2.45) is 17.8 Å². The van der Waals surface area contributed by atoms with E-state index in [2.05, 4.69) is 5.32 Å². The molecule has 1 amide bonds. The van der Waals surface area contributed by atoms with Gasteiger partial charge in [0.1, 0.15) is 5.56 Å². The lowest BCUT2D eigenvalue weighted by Gasteiger charge is -2.40. The van der Waals surface area contributed by atoms with E-state index < -0.39 is 5.60 Å². The molecular weight excluding hydrogens is 497 g/mol. The van der Waals surface area contributed by atoms with Crippen molar-refractivity contribution < 1.29 is 9.90 Å². The molecule has 2 N–H and O–H groups in total. The Balaban J connectivity index is 1.34. The summed E-state index contributed by atoms with van der Waals surface area (Å²) in [5.74, 6) is 0.827. The van der Waals surface area contributed by atoms with Gasteiger partial charge in [-0.05, 0) is 93.7 Å². The summed E-state index contributed by atoms with van der Waals surface area (Å²) < 4.78 is 3.44. The molecule has 3 bridgehead atoms. The molecule has 0 radical (unpaired) electrons. The summed E-state index contributed by atoms with van der Waals surface area (Å²) in [7, 11) is 0. The third-order valence-corrected chi connectivity index (χ3v) is 10.0. The van der Waals surface area contributed by atoms with Crippen LogP contribution in [-0.4, -0.2) is 31.5 Å². The van der Waals surface area contributed by atoms with Gasteiger partial charge in [-0.15, -0.1) is 0 Å². The number of hydrogen-bond donors (Lipinski definition) is 2. The standard InChI is InChI=1S/C28H35Cl2N3O3/c29-21-7-8-24(23(30)12-21)33-26(35)22(17-32(33)16-18-5-2-1-3-6-18)25(34)31-27-9-4-10-28(36)14-19(13-27)11-20(28)15-27/h7-8,12,17-20,36H,1-6,9-11,13-16H2,(H,31,34). The summed E-state index contributed by atoms with van der Waals surface area (Å²) in [6.45, 7) is 0.670. The van der Waals surface area contributed by atoms with Gasteiger partial charge in [-0.3, -0.25) is 14.3 Å². The second-order valence-corrected chi connectivity index (χ2v) is 12.8. The highest BCUT2D eigenvalue weighted by Crippen LogP contribution is 2.57. The fraction of sp³-hybridized carbons (Fsp3) is 0.643. The van der Waals surface area contributed by atoms with Gasteiger partial charge in [0, 0.05) is 23.3 Å². The minimum absolute atomic E-state index is 0.156. The van der Waals surface area contributed by atoms with E-state index in [4.69, 9.17) is 23.2 Å². The van der Waals surface area contributed by atoms with Crippen molar-refractivity contribution in [1.29, 1.82) is 0 Å². The van der Waals surface area contributed by atoms with Crippen LogP contribution in [0, 0.1) is 17.8 Å². The van der Waals surface area contributed by atoms with Crippen LogP contribution < -0.4 is 10.9 Å². The minimum Gasteiger partial charge on any atom is -0.390 e. The number of nitrogens with zero attached hydrogens (tertiary/aromatic N) is 2. The summed E-state index contributed by atoms with van der Waals surface area (Å²) in [6.07, 6.45) is 13.8. The molecule has 6 rings (SSSR count). The van der Waals surface area contributed by atoms with Gasteiger partial charge in [0.15, 0.2) is 0 Å². The number of nitrogens with one attached hydrogen (secondary N) is 1. The zero-order valence-electron chi connectivity index (χ0n) is 20.6. The van der Waals surface area contributed by atoms with Crippen LogP contribution in [-0.2, 0) is 6.54 Å². The van der Waals surface area contributed by atoms with Gasteiger partial charge in [-0.2, -0.15) is 0 Å². The molecular formula is C28H35Cl2N3O3. The molecule has 4 saturated carbocycles. The SMILES string of the molecule is O=C(NC12CCCC3(O)CC(CC3C1)C2)c1cn(CC2CCCCC2)n(-c2ccc(Cl)cc2Cl)c1=O. The predicted molar refractivity (Wildman–Crippen MR) is 141 cm³/mol. The number of amides is 1. The first-order chi connectivity index (χ1) is 17.3. The van der Waals surface area contributed by atoms with E-state index in [-0.39, 0.29) is 28.5 Å². The Labute approximate surface area is 221 Å². The molecule has 8 heteroatoms. The molecule has 1 aromatic heterocycles. The lowest BCUT2D eigenvalue weighted by atomic mass is 9.73. The number of halogens is 2. The predicted octanol–water partition coefficient (Wildman–Crippen LogP) is 5.73. The van der Waals surface area contributed by atoms with Crippen molar-refractivity contribution in [3.05, 3.63) is 50.4 Å².